The zero-order valence-corrected chi connectivity index (χ0v) is 9.47. The van der Waals surface area contributed by atoms with Crippen molar-refractivity contribution in [2.75, 3.05) is 0 Å². The van der Waals surface area contributed by atoms with Crippen LogP contribution < -0.4 is 0 Å². The number of halogens is 1. The molecule has 0 spiro atoms. The molecule has 0 heterocycles. The van der Waals surface area contributed by atoms with Gasteiger partial charge in [-0.1, -0.05) is 0 Å². The van der Waals surface area contributed by atoms with E-state index in [-0.39, 0.29) is 32.7 Å². The number of benzene rings is 1. The molecule has 0 N–H and O–H groups in total. The molecule has 0 aliphatic heterocycles. The molecule has 55 valence electrons. The molecule has 0 amide bonds. The zero-order valence-electron chi connectivity index (χ0n) is 5.88. The number of hydrogen-bond donors (Lipinski definition) is 0. The van der Waals surface area contributed by atoms with Crippen LogP contribution in [0.5, 0.6) is 0 Å². The fraction of sp³-hybridized carbons (Fsp3) is 0. The Hall–Kier alpha value is 0.154. The maximum absolute atomic E-state index is 10.5. The molecule has 0 atom stereocenters. The molecule has 1 nitrogen and oxygen atoms in total. The Morgan fingerprint density at radius 3 is 2.09 bits per heavy atom. The Morgan fingerprint density at radius 1 is 1.27 bits per heavy atom. The maximum Gasteiger partial charge on any atom is 0.250 e. The van der Waals surface area contributed by atoms with Crippen molar-refractivity contribution < 1.29 is 37.5 Å². The standard InChI is InChI=1S/C8H6ClO.Y/c1-6-2-4-7(5-3-6)8(9)10;/h2-5H,1H2;/q-1;. The first-order valence-electron chi connectivity index (χ1n) is 2.82. The van der Waals surface area contributed by atoms with Crippen molar-refractivity contribution in [1.29, 1.82) is 0 Å². The van der Waals surface area contributed by atoms with Crippen LogP contribution in [-0.4, -0.2) is 5.24 Å². The molecule has 0 bridgehead atoms. The molecule has 11 heavy (non-hydrogen) atoms. The van der Waals surface area contributed by atoms with Gasteiger partial charge in [-0.15, -0.1) is 12.1 Å². The van der Waals surface area contributed by atoms with Crippen molar-refractivity contribution in [2.24, 2.45) is 0 Å². The van der Waals surface area contributed by atoms with Gasteiger partial charge in [-0.25, -0.2) is 0 Å². The first-order valence-corrected chi connectivity index (χ1v) is 3.20. The second-order valence-corrected chi connectivity index (χ2v) is 2.31. The first kappa shape index (κ1) is 11.2. The van der Waals surface area contributed by atoms with Crippen molar-refractivity contribution in [3.8, 4) is 0 Å². The van der Waals surface area contributed by atoms with Crippen LogP contribution in [-0.2, 0) is 32.7 Å². The van der Waals surface area contributed by atoms with Crippen LogP contribution in [0, 0.1) is 6.92 Å². The summed E-state index contributed by atoms with van der Waals surface area (Å²) in [5.74, 6) is 0. The fourth-order valence-electron chi connectivity index (χ4n) is 0.636. The quantitative estimate of drug-likeness (QED) is 0.545. The van der Waals surface area contributed by atoms with Gasteiger partial charge in [0.2, 0.25) is 5.24 Å². The second-order valence-electron chi connectivity index (χ2n) is 1.97. The van der Waals surface area contributed by atoms with Crippen LogP contribution in [0.3, 0.4) is 0 Å². The van der Waals surface area contributed by atoms with E-state index >= 15 is 0 Å². The second kappa shape index (κ2) is 4.92. The SMILES string of the molecule is [CH2-]c1ccc(C(=O)Cl)cc1.[Y]. The molecule has 1 rings (SSSR count). The van der Waals surface area contributed by atoms with Gasteiger partial charge in [0.05, 0.1) is 0 Å². The summed E-state index contributed by atoms with van der Waals surface area (Å²) < 4.78 is 0. The molecule has 1 radical (unpaired) electrons. The van der Waals surface area contributed by atoms with E-state index in [1.54, 1.807) is 24.3 Å². The predicted octanol–water partition coefficient (Wildman–Crippen LogP) is 2.25. The van der Waals surface area contributed by atoms with Crippen LogP contribution >= 0.6 is 11.6 Å². The molecule has 0 aromatic heterocycles. The molecule has 3 heteroatoms. The van der Waals surface area contributed by atoms with E-state index in [4.69, 9.17) is 11.6 Å². The largest absolute Gasteiger partial charge is 0.276 e. The summed E-state index contributed by atoms with van der Waals surface area (Å²) >= 11 is 5.20. The summed E-state index contributed by atoms with van der Waals surface area (Å²) in [5, 5.41) is -0.431. The molecule has 0 saturated heterocycles. The molecular weight excluding hydrogens is 236 g/mol. The van der Waals surface area contributed by atoms with Crippen LogP contribution in [0.25, 0.3) is 0 Å². The Labute approximate surface area is 96.0 Å². The third-order valence-electron chi connectivity index (χ3n) is 1.18. The Morgan fingerprint density at radius 2 is 1.73 bits per heavy atom. The molecule has 1 aromatic carbocycles. The normalized spacial score (nSPS) is 8.45. The van der Waals surface area contributed by atoms with E-state index in [1.165, 1.54) is 0 Å². The van der Waals surface area contributed by atoms with E-state index in [1.807, 2.05) is 0 Å². The maximum atomic E-state index is 10.5. The van der Waals surface area contributed by atoms with Crippen LogP contribution in [0.15, 0.2) is 24.3 Å². The van der Waals surface area contributed by atoms with Gasteiger partial charge in [0.15, 0.2) is 0 Å². The van der Waals surface area contributed by atoms with Crippen molar-refractivity contribution in [2.45, 2.75) is 0 Å². The third-order valence-corrected chi connectivity index (χ3v) is 1.40. The van der Waals surface area contributed by atoms with Crippen LogP contribution in [0.2, 0.25) is 0 Å². The van der Waals surface area contributed by atoms with E-state index in [2.05, 4.69) is 6.92 Å². The summed E-state index contributed by atoms with van der Waals surface area (Å²) in [6.45, 7) is 3.67. The minimum atomic E-state index is -0.431. The number of rotatable bonds is 1. The van der Waals surface area contributed by atoms with Gasteiger partial charge in [-0.05, 0) is 11.6 Å². The van der Waals surface area contributed by atoms with Crippen molar-refractivity contribution >= 4 is 16.8 Å². The minimum absolute atomic E-state index is 0. The van der Waals surface area contributed by atoms with Gasteiger partial charge in [-0.3, -0.25) is 4.79 Å². The molecule has 0 aliphatic carbocycles. The van der Waals surface area contributed by atoms with Crippen LogP contribution in [0.4, 0.5) is 0 Å². The van der Waals surface area contributed by atoms with Crippen LogP contribution in [0.1, 0.15) is 15.9 Å². The molecule has 1 aromatic rings. The number of hydrogen-bond acceptors (Lipinski definition) is 1. The fourth-order valence-corrected chi connectivity index (χ4v) is 0.762. The summed E-state index contributed by atoms with van der Waals surface area (Å²) in [6.07, 6.45) is 0. The summed E-state index contributed by atoms with van der Waals surface area (Å²) in [7, 11) is 0. The van der Waals surface area contributed by atoms with Crippen molar-refractivity contribution in [1.82, 2.24) is 0 Å². The third kappa shape index (κ3) is 3.37. The number of carbonyl (C=O) groups is 1. The summed E-state index contributed by atoms with van der Waals surface area (Å²) in [5.41, 5.74) is 1.38. The number of carbonyl (C=O) groups excluding carboxylic acids is 1. The van der Waals surface area contributed by atoms with Gasteiger partial charge < -0.3 is 0 Å². The molecule has 0 unspecified atom stereocenters. The van der Waals surface area contributed by atoms with Crippen molar-refractivity contribution in [3.05, 3.63) is 42.3 Å². The Bertz CT molecular complexity index is 243. The van der Waals surface area contributed by atoms with Gasteiger partial charge in [0.1, 0.15) is 0 Å². The zero-order chi connectivity index (χ0) is 7.56. The smallest absolute Gasteiger partial charge is 0.250 e. The van der Waals surface area contributed by atoms with E-state index in [0.717, 1.165) is 5.56 Å². The summed E-state index contributed by atoms with van der Waals surface area (Å²) in [4.78, 5) is 10.5. The Kier molecular flexibility index (Phi) is 4.99. The van der Waals surface area contributed by atoms with Gasteiger partial charge in [0, 0.05) is 38.3 Å². The predicted molar refractivity (Wildman–Crippen MR) is 41.1 cm³/mol. The van der Waals surface area contributed by atoms with Crippen molar-refractivity contribution in [3.63, 3.8) is 0 Å². The molecule has 0 saturated carbocycles. The van der Waals surface area contributed by atoms with E-state index in [9.17, 15) is 4.79 Å². The Balaban J connectivity index is 0.000001000. The van der Waals surface area contributed by atoms with Gasteiger partial charge in [0.25, 0.3) is 0 Å². The molecule has 0 fully saturated rings. The first-order chi connectivity index (χ1) is 4.70. The minimum Gasteiger partial charge on any atom is -0.276 e. The van der Waals surface area contributed by atoms with Gasteiger partial charge in [-0.2, -0.15) is 24.6 Å². The average Bonchev–Trinajstić information content (AvgIpc) is 1.88. The van der Waals surface area contributed by atoms with E-state index in [0.29, 0.717) is 5.56 Å². The average molecular weight is 242 g/mol. The molecular formula is C8H6ClOY-. The summed E-state index contributed by atoms with van der Waals surface area (Å²) in [6, 6.07) is 6.79. The monoisotopic (exact) mass is 242 g/mol. The van der Waals surface area contributed by atoms with E-state index < -0.39 is 5.24 Å². The molecule has 0 aliphatic rings. The van der Waals surface area contributed by atoms with Gasteiger partial charge >= 0.3 is 0 Å². The topological polar surface area (TPSA) is 17.1 Å².